The number of benzene rings is 4. The Bertz CT molecular complexity index is 892. The van der Waals surface area contributed by atoms with E-state index in [2.05, 4.69) is 24.3 Å². The smallest absolute Gasteiger partial charge is 0.116 e. The maximum absolute atomic E-state index is 9.59. The summed E-state index contributed by atoms with van der Waals surface area (Å²) in [6.07, 6.45) is 0. The van der Waals surface area contributed by atoms with Gasteiger partial charge in [-0.3, -0.25) is 0 Å². The minimum atomic E-state index is 0.296. The summed E-state index contributed by atoms with van der Waals surface area (Å²) in [7, 11) is 0. The summed E-state index contributed by atoms with van der Waals surface area (Å²) in [5, 5.41) is 17.3. The van der Waals surface area contributed by atoms with Gasteiger partial charge in [0.25, 0.3) is 0 Å². The zero-order valence-electron chi connectivity index (χ0n) is 10.6. The summed E-state index contributed by atoms with van der Waals surface area (Å²) in [6.45, 7) is 0. The lowest BCUT2D eigenvalue weighted by molar-refractivity contribution is 0.476. The molecule has 20 heavy (non-hydrogen) atoms. The van der Waals surface area contributed by atoms with E-state index in [1.54, 1.807) is 12.1 Å². The van der Waals surface area contributed by atoms with Crippen molar-refractivity contribution in [3.05, 3.63) is 65.7 Å². The Kier molecular flexibility index (Phi) is 2.38. The maximum Gasteiger partial charge on any atom is 0.116 e. The van der Waals surface area contributed by atoms with Gasteiger partial charge in [-0.05, 0) is 56.6 Å². The Morgan fingerprint density at radius 3 is 1.85 bits per heavy atom. The molecule has 1 nitrogen and oxygen atoms in total. The van der Waals surface area contributed by atoms with Gasteiger partial charge in [-0.25, -0.2) is 0 Å². The van der Waals surface area contributed by atoms with Gasteiger partial charge >= 0.3 is 0 Å². The van der Waals surface area contributed by atoms with Crippen LogP contribution in [0.25, 0.3) is 32.3 Å². The van der Waals surface area contributed by atoms with Gasteiger partial charge < -0.3 is 5.11 Å². The van der Waals surface area contributed by atoms with Crippen LogP contribution in [0.1, 0.15) is 0 Å². The predicted octanol–water partition coefficient (Wildman–Crippen LogP) is 5.51. The van der Waals surface area contributed by atoms with E-state index in [-0.39, 0.29) is 0 Å². The fourth-order valence-corrected chi connectivity index (χ4v) is 3.03. The van der Waals surface area contributed by atoms with Gasteiger partial charge in [-0.2, -0.15) is 0 Å². The van der Waals surface area contributed by atoms with Crippen LogP contribution in [0.15, 0.2) is 60.7 Å². The van der Waals surface area contributed by atoms with Crippen molar-refractivity contribution < 1.29 is 5.11 Å². The third kappa shape index (κ3) is 1.64. The lowest BCUT2D eigenvalue weighted by atomic mass is 9.97. The summed E-state index contributed by atoms with van der Waals surface area (Å²) >= 11 is 6.05. The van der Waals surface area contributed by atoms with Crippen LogP contribution in [-0.2, 0) is 0 Å². The molecular formula is C18H11ClO. The molecule has 4 aromatic carbocycles. The number of aromatic hydroxyl groups is 1. The highest BCUT2D eigenvalue weighted by atomic mass is 35.5. The molecule has 0 aliphatic heterocycles. The molecule has 0 bridgehead atoms. The van der Waals surface area contributed by atoms with E-state index in [0.717, 1.165) is 21.2 Å². The van der Waals surface area contributed by atoms with Gasteiger partial charge in [-0.15, -0.1) is 0 Å². The normalized spacial score (nSPS) is 11.4. The van der Waals surface area contributed by atoms with Gasteiger partial charge in [0.1, 0.15) is 5.75 Å². The monoisotopic (exact) mass is 278 g/mol. The van der Waals surface area contributed by atoms with Crippen LogP contribution < -0.4 is 0 Å². The number of halogens is 1. The molecule has 0 amide bonds. The third-order valence-corrected chi connectivity index (χ3v) is 4.01. The van der Waals surface area contributed by atoms with Gasteiger partial charge in [0.15, 0.2) is 0 Å². The second kappa shape index (κ2) is 4.12. The Morgan fingerprint density at radius 2 is 1.15 bits per heavy atom. The van der Waals surface area contributed by atoms with E-state index in [1.807, 2.05) is 24.3 Å². The predicted molar refractivity (Wildman–Crippen MR) is 85.6 cm³/mol. The van der Waals surface area contributed by atoms with Crippen molar-refractivity contribution in [3.63, 3.8) is 0 Å². The summed E-state index contributed by atoms with van der Waals surface area (Å²) in [5.74, 6) is 0.296. The quantitative estimate of drug-likeness (QED) is 0.421. The third-order valence-electron chi connectivity index (χ3n) is 3.78. The lowest BCUT2D eigenvalue weighted by Crippen LogP contribution is -1.81. The van der Waals surface area contributed by atoms with Crippen molar-refractivity contribution in [1.29, 1.82) is 0 Å². The van der Waals surface area contributed by atoms with Crippen molar-refractivity contribution in [3.8, 4) is 5.75 Å². The first-order valence-electron chi connectivity index (χ1n) is 6.46. The minimum Gasteiger partial charge on any atom is -0.508 e. The fourth-order valence-electron chi connectivity index (χ4n) is 2.85. The molecule has 0 aliphatic carbocycles. The highest BCUT2D eigenvalue weighted by Gasteiger charge is 2.05. The Labute approximate surface area is 121 Å². The number of hydrogen-bond donors (Lipinski definition) is 1. The zero-order valence-corrected chi connectivity index (χ0v) is 11.4. The van der Waals surface area contributed by atoms with E-state index in [0.29, 0.717) is 5.75 Å². The molecule has 4 rings (SSSR count). The van der Waals surface area contributed by atoms with Crippen LogP contribution in [0, 0.1) is 0 Å². The SMILES string of the molecule is Oc1ccc2c(ccc3c4ccc(Cl)cc4ccc23)c1. The molecular weight excluding hydrogens is 268 g/mol. The molecule has 0 heterocycles. The van der Waals surface area contributed by atoms with Crippen LogP contribution in [0.3, 0.4) is 0 Å². The lowest BCUT2D eigenvalue weighted by Gasteiger charge is -2.08. The topological polar surface area (TPSA) is 20.2 Å². The van der Waals surface area contributed by atoms with E-state index >= 15 is 0 Å². The average molecular weight is 279 g/mol. The average Bonchev–Trinajstić information content (AvgIpc) is 2.45. The summed E-state index contributed by atoms with van der Waals surface area (Å²) in [5.41, 5.74) is 0. The number of hydrogen-bond acceptors (Lipinski definition) is 1. The van der Waals surface area contributed by atoms with Gasteiger partial charge in [-0.1, -0.05) is 48.0 Å². The highest BCUT2D eigenvalue weighted by molar-refractivity contribution is 6.31. The summed E-state index contributed by atoms with van der Waals surface area (Å²) in [4.78, 5) is 0. The minimum absolute atomic E-state index is 0.296. The Balaban J connectivity index is 2.21. The van der Waals surface area contributed by atoms with Crippen LogP contribution in [0.2, 0.25) is 5.02 Å². The van der Waals surface area contributed by atoms with Crippen molar-refractivity contribution in [1.82, 2.24) is 0 Å². The second-order valence-corrected chi connectivity index (χ2v) is 5.43. The van der Waals surface area contributed by atoms with Crippen molar-refractivity contribution >= 4 is 43.9 Å². The highest BCUT2D eigenvalue weighted by Crippen LogP contribution is 2.33. The largest absolute Gasteiger partial charge is 0.508 e. The summed E-state index contributed by atoms with van der Waals surface area (Å²) < 4.78 is 0. The molecule has 1 N–H and O–H groups in total. The Morgan fingerprint density at radius 1 is 0.600 bits per heavy atom. The van der Waals surface area contributed by atoms with E-state index in [4.69, 9.17) is 11.6 Å². The number of phenolic OH excluding ortho intramolecular Hbond substituents is 1. The molecule has 0 unspecified atom stereocenters. The van der Waals surface area contributed by atoms with Crippen molar-refractivity contribution in [2.75, 3.05) is 0 Å². The molecule has 4 aromatic rings. The van der Waals surface area contributed by atoms with Crippen LogP contribution >= 0.6 is 11.6 Å². The van der Waals surface area contributed by atoms with Crippen LogP contribution in [-0.4, -0.2) is 5.11 Å². The number of phenols is 1. The fraction of sp³-hybridized carbons (Fsp3) is 0. The van der Waals surface area contributed by atoms with E-state index in [9.17, 15) is 5.11 Å². The van der Waals surface area contributed by atoms with E-state index in [1.165, 1.54) is 16.2 Å². The van der Waals surface area contributed by atoms with Crippen molar-refractivity contribution in [2.24, 2.45) is 0 Å². The molecule has 0 saturated heterocycles. The number of fused-ring (bicyclic) bond motifs is 5. The maximum atomic E-state index is 9.59. The molecule has 0 atom stereocenters. The zero-order chi connectivity index (χ0) is 13.7. The standard InChI is InChI=1S/C18H11ClO/c19-13-3-7-15-11(9-13)1-5-18-16-8-4-14(20)10-12(16)2-6-17(15)18/h1-10,20H. The first kappa shape index (κ1) is 11.6. The molecule has 0 aromatic heterocycles. The van der Waals surface area contributed by atoms with Gasteiger partial charge in [0, 0.05) is 5.02 Å². The molecule has 0 fully saturated rings. The molecule has 0 saturated carbocycles. The summed E-state index contributed by atoms with van der Waals surface area (Å²) in [6, 6.07) is 19.8. The molecule has 0 spiro atoms. The van der Waals surface area contributed by atoms with Crippen LogP contribution in [0.4, 0.5) is 0 Å². The first-order chi connectivity index (χ1) is 9.72. The van der Waals surface area contributed by atoms with Gasteiger partial charge in [0.05, 0.1) is 0 Å². The molecule has 2 heteroatoms. The molecule has 0 radical (unpaired) electrons. The number of rotatable bonds is 0. The molecule has 0 aliphatic rings. The van der Waals surface area contributed by atoms with Gasteiger partial charge in [0.2, 0.25) is 0 Å². The van der Waals surface area contributed by atoms with E-state index < -0.39 is 0 Å². The van der Waals surface area contributed by atoms with Crippen LogP contribution in [0.5, 0.6) is 5.75 Å². The Hall–Kier alpha value is -2.25. The molecule has 96 valence electrons. The van der Waals surface area contributed by atoms with Crippen molar-refractivity contribution in [2.45, 2.75) is 0 Å². The first-order valence-corrected chi connectivity index (χ1v) is 6.84. The second-order valence-electron chi connectivity index (χ2n) is 5.00.